The summed E-state index contributed by atoms with van der Waals surface area (Å²) in [5.41, 5.74) is 10.1. The van der Waals surface area contributed by atoms with Crippen molar-refractivity contribution in [1.82, 2.24) is 30.2 Å². The third-order valence-electron chi connectivity index (χ3n) is 5.65. The highest BCUT2D eigenvalue weighted by atomic mass is 15.3. The minimum Gasteiger partial charge on any atom is -0.397 e. The van der Waals surface area contributed by atoms with E-state index >= 15 is 0 Å². The second-order valence-corrected chi connectivity index (χ2v) is 8.37. The number of aromatic nitrogens is 5. The van der Waals surface area contributed by atoms with Crippen molar-refractivity contribution in [3.8, 4) is 11.1 Å². The number of anilines is 3. The zero-order valence-corrected chi connectivity index (χ0v) is 18.2. The lowest BCUT2D eigenvalue weighted by Crippen LogP contribution is -2.54. The molecule has 164 valence electrons. The highest BCUT2D eigenvalue weighted by Gasteiger charge is 2.22. The Kier molecular flexibility index (Phi) is 5.32. The smallest absolute Gasteiger partial charge is 0.143 e. The molecule has 0 amide bonds. The number of H-pyrrole nitrogens is 1. The van der Waals surface area contributed by atoms with Crippen LogP contribution in [0.3, 0.4) is 0 Å². The molecule has 0 aliphatic carbocycles. The van der Waals surface area contributed by atoms with Gasteiger partial charge in [0.15, 0.2) is 0 Å². The number of pyridine rings is 2. The van der Waals surface area contributed by atoms with Gasteiger partial charge in [0.25, 0.3) is 0 Å². The van der Waals surface area contributed by atoms with Crippen molar-refractivity contribution in [3.63, 3.8) is 0 Å². The number of hydrogen-bond acceptors (Lipinski definition) is 8. The Morgan fingerprint density at radius 2 is 2.00 bits per heavy atom. The van der Waals surface area contributed by atoms with Crippen LogP contribution in [0.15, 0.2) is 49.2 Å². The summed E-state index contributed by atoms with van der Waals surface area (Å²) in [5.74, 6) is 1.75. The molecular weight excluding hydrogens is 402 g/mol. The molecule has 2 atom stereocenters. The number of fused-ring (bicyclic) bond motifs is 1. The van der Waals surface area contributed by atoms with Gasteiger partial charge >= 0.3 is 0 Å². The van der Waals surface area contributed by atoms with E-state index in [2.05, 4.69) is 61.4 Å². The molecule has 4 aromatic heterocycles. The Morgan fingerprint density at radius 1 is 1.16 bits per heavy atom. The van der Waals surface area contributed by atoms with E-state index in [0.29, 0.717) is 24.3 Å². The molecule has 5 heterocycles. The van der Waals surface area contributed by atoms with E-state index in [1.807, 2.05) is 18.3 Å². The maximum absolute atomic E-state index is 5.94. The number of rotatable bonds is 5. The van der Waals surface area contributed by atoms with Crippen LogP contribution in [0.4, 0.5) is 17.3 Å². The van der Waals surface area contributed by atoms with E-state index in [4.69, 9.17) is 10.7 Å². The molecule has 9 heteroatoms. The Morgan fingerprint density at radius 3 is 2.81 bits per heavy atom. The second kappa shape index (κ2) is 8.43. The number of aromatic amines is 1. The fourth-order valence-corrected chi connectivity index (χ4v) is 4.36. The van der Waals surface area contributed by atoms with Gasteiger partial charge in [-0.15, -0.1) is 0 Å². The number of hydrogen-bond donors (Lipinski definition) is 4. The van der Waals surface area contributed by atoms with Crippen LogP contribution in [0.25, 0.3) is 22.2 Å². The van der Waals surface area contributed by atoms with Crippen molar-refractivity contribution in [2.24, 2.45) is 0 Å². The first-order valence-electron chi connectivity index (χ1n) is 10.8. The van der Waals surface area contributed by atoms with Crippen LogP contribution in [0.2, 0.25) is 0 Å². The molecular formula is C23H27N9. The van der Waals surface area contributed by atoms with Crippen molar-refractivity contribution in [2.75, 3.05) is 29.0 Å². The monoisotopic (exact) mass is 429 g/mol. The van der Waals surface area contributed by atoms with Gasteiger partial charge in [0.05, 0.1) is 23.3 Å². The molecule has 0 bridgehead atoms. The largest absolute Gasteiger partial charge is 0.397 e. The van der Waals surface area contributed by atoms with Crippen molar-refractivity contribution < 1.29 is 0 Å². The lowest BCUT2D eigenvalue weighted by molar-refractivity contribution is 0.405. The zero-order chi connectivity index (χ0) is 22.1. The minimum absolute atomic E-state index is 0.435. The first kappa shape index (κ1) is 20.2. The predicted molar refractivity (Wildman–Crippen MR) is 127 cm³/mol. The summed E-state index contributed by atoms with van der Waals surface area (Å²) in [6, 6.07) is 8.94. The van der Waals surface area contributed by atoms with E-state index in [0.717, 1.165) is 52.6 Å². The second-order valence-electron chi connectivity index (χ2n) is 8.37. The quantitative estimate of drug-likeness (QED) is 0.382. The Labute approximate surface area is 186 Å². The van der Waals surface area contributed by atoms with Gasteiger partial charge in [0.1, 0.15) is 23.6 Å². The summed E-state index contributed by atoms with van der Waals surface area (Å²) in [4.78, 5) is 23.5. The Balaban J connectivity index is 1.40. The van der Waals surface area contributed by atoms with E-state index in [1.165, 1.54) is 0 Å². The van der Waals surface area contributed by atoms with Crippen molar-refractivity contribution >= 4 is 28.4 Å². The zero-order valence-electron chi connectivity index (χ0n) is 18.2. The Hall–Kier alpha value is -3.72. The molecule has 1 fully saturated rings. The van der Waals surface area contributed by atoms with E-state index < -0.39 is 0 Å². The summed E-state index contributed by atoms with van der Waals surface area (Å²) < 4.78 is 0. The standard InChI is InChI=1S/C23H27N9/c1-14-11-32(12-15(2)30-14)20-5-3-4-18(31-20)9-26-22-21-19(10-27-23(21)29-13-28-22)16-6-17(24)8-25-7-16/h3-8,10,13-15,30H,9,11-12,24H2,1-2H3,(H2,26,27,28,29)/t14-,15+. The fourth-order valence-electron chi connectivity index (χ4n) is 4.36. The van der Waals surface area contributed by atoms with Gasteiger partial charge < -0.3 is 26.3 Å². The summed E-state index contributed by atoms with van der Waals surface area (Å²) in [7, 11) is 0. The molecule has 0 radical (unpaired) electrons. The maximum atomic E-state index is 5.94. The van der Waals surface area contributed by atoms with E-state index in [-0.39, 0.29) is 0 Å². The Bertz CT molecular complexity index is 1230. The molecule has 5 rings (SSSR count). The number of piperazine rings is 1. The summed E-state index contributed by atoms with van der Waals surface area (Å²) >= 11 is 0. The van der Waals surface area contributed by atoms with Crippen molar-refractivity contribution in [2.45, 2.75) is 32.5 Å². The molecule has 32 heavy (non-hydrogen) atoms. The van der Waals surface area contributed by atoms with Gasteiger partial charge in [-0.05, 0) is 32.0 Å². The average Bonchev–Trinajstić information content (AvgIpc) is 3.22. The summed E-state index contributed by atoms with van der Waals surface area (Å²) in [6.07, 6.45) is 6.88. The average molecular weight is 430 g/mol. The van der Waals surface area contributed by atoms with E-state index in [1.54, 1.807) is 18.7 Å². The van der Waals surface area contributed by atoms with Gasteiger partial charge in [0.2, 0.25) is 0 Å². The number of nitrogens with two attached hydrogens (primary N) is 1. The van der Waals surface area contributed by atoms with Gasteiger partial charge in [-0.3, -0.25) is 4.98 Å². The molecule has 9 nitrogen and oxygen atoms in total. The first-order chi connectivity index (χ1) is 15.6. The lowest BCUT2D eigenvalue weighted by atomic mass is 10.1. The molecule has 0 saturated carbocycles. The van der Waals surface area contributed by atoms with Gasteiger partial charge in [0, 0.05) is 54.9 Å². The molecule has 5 N–H and O–H groups in total. The predicted octanol–water partition coefficient (Wildman–Crippen LogP) is 2.80. The molecule has 0 spiro atoms. The molecule has 1 saturated heterocycles. The SMILES string of the molecule is C[C@@H]1CN(c2cccc(CNc3ncnc4[nH]cc(-c5cncc(N)c5)c34)n2)C[C@H](C)N1. The maximum Gasteiger partial charge on any atom is 0.143 e. The van der Waals surface area contributed by atoms with Crippen LogP contribution < -0.4 is 21.3 Å². The fraction of sp³-hybridized carbons (Fsp3) is 0.304. The highest BCUT2D eigenvalue weighted by molar-refractivity contribution is 6.00. The van der Waals surface area contributed by atoms with Gasteiger partial charge in [-0.25, -0.2) is 15.0 Å². The van der Waals surface area contributed by atoms with Crippen LogP contribution >= 0.6 is 0 Å². The molecule has 4 aromatic rings. The minimum atomic E-state index is 0.435. The number of nitrogens with zero attached hydrogens (tertiary/aromatic N) is 5. The van der Waals surface area contributed by atoms with Crippen molar-refractivity contribution in [3.05, 3.63) is 54.9 Å². The number of nitrogen functional groups attached to an aromatic ring is 1. The van der Waals surface area contributed by atoms with E-state index in [9.17, 15) is 0 Å². The van der Waals surface area contributed by atoms with Crippen LogP contribution in [0.5, 0.6) is 0 Å². The van der Waals surface area contributed by atoms with Gasteiger partial charge in [-0.1, -0.05) is 6.07 Å². The molecule has 0 aromatic carbocycles. The summed E-state index contributed by atoms with van der Waals surface area (Å²) in [6.45, 7) is 6.86. The molecule has 1 aliphatic rings. The van der Waals surface area contributed by atoms with Crippen LogP contribution in [-0.2, 0) is 6.54 Å². The van der Waals surface area contributed by atoms with Crippen LogP contribution in [-0.4, -0.2) is 50.1 Å². The normalized spacial score (nSPS) is 18.8. The third kappa shape index (κ3) is 4.06. The summed E-state index contributed by atoms with van der Waals surface area (Å²) in [5, 5.41) is 7.92. The first-order valence-corrected chi connectivity index (χ1v) is 10.8. The van der Waals surface area contributed by atoms with Gasteiger partial charge in [-0.2, -0.15) is 0 Å². The number of nitrogens with one attached hydrogen (secondary N) is 3. The molecule has 0 unspecified atom stereocenters. The van der Waals surface area contributed by atoms with Crippen LogP contribution in [0.1, 0.15) is 19.5 Å². The lowest BCUT2D eigenvalue weighted by Gasteiger charge is -2.37. The molecule has 1 aliphatic heterocycles. The third-order valence-corrected chi connectivity index (χ3v) is 5.65. The van der Waals surface area contributed by atoms with Crippen LogP contribution in [0, 0.1) is 0 Å². The highest BCUT2D eigenvalue weighted by Crippen LogP contribution is 2.32. The van der Waals surface area contributed by atoms with Crippen molar-refractivity contribution in [1.29, 1.82) is 0 Å². The topological polar surface area (TPSA) is 121 Å².